The lowest BCUT2D eigenvalue weighted by molar-refractivity contribution is 0.112. The first kappa shape index (κ1) is 11.4. The van der Waals surface area contributed by atoms with Crippen molar-refractivity contribution in [2.24, 2.45) is 0 Å². The van der Waals surface area contributed by atoms with Crippen LogP contribution in [-0.4, -0.2) is 17.3 Å². The molecule has 0 amide bonds. The standard InChI is InChI=1S/C12H15ClN2O/c13-11-6-9(8-16)7-12(15-11)14-10-4-2-1-3-5-10/h6-8,10H,1-5H2,(H,14,15). The Hall–Kier alpha value is -1.09. The van der Waals surface area contributed by atoms with Crippen LogP contribution in [0.1, 0.15) is 42.5 Å². The summed E-state index contributed by atoms with van der Waals surface area (Å²) in [6.07, 6.45) is 6.98. The molecule has 0 spiro atoms. The van der Waals surface area contributed by atoms with Gasteiger partial charge in [0.15, 0.2) is 0 Å². The van der Waals surface area contributed by atoms with Gasteiger partial charge in [-0.25, -0.2) is 4.98 Å². The summed E-state index contributed by atoms with van der Waals surface area (Å²) in [6.45, 7) is 0. The van der Waals surface area contributed by atoms with E-state index in [-0.39, 0.29) is 0 Å². The number of anilines is 1. The van der Waals surface area contributed by atoms with Crippen molar-refractivity contribution in [2.75, 3.05) is 5.32 Å². The summed E-state index contributed by atoms with van der Waals surface area (Å²) in [5.41, 5.74) is 0.568. The van der Waals surface area contributed by atoms with E-state index in [0.29, 0.717) is 22.6 Å². The SMILES string of the molecule is O=Cc1cc(Cl)nc(NC2CCCCC2)c1. The summed E-state index contributed by atoms with van der Waals surface area (Å²) in [4.78, 5) is 14.9. The maximum atomic E-state index is 10.7. The highest BCUT2D eigenvalue weighted by molar-refractivity contribution is 6.29. The van der Waals surface area contributed by atoms with Gasteiger partial charge in [-0.2, -0.15) is 0 Å². The Morgan fingerprint density at radius 1 is 1.31 bits per heavy atom. The van der Waals surface area contributed by atoms with Crippen molar-refractivity contribution in [1.29, 1.82) is 0 Å². The van der Waals surface area contributed by atoms with E-state index in [9.17, 15) is 4.79 Å². The van der Waals surface area contributed by atoms with Crippen LogP contribution in [0.2, 0.25) is 5.15 Å². The van der Waals surface area contributed by atoms with Crippen LogP contribution in [0.15, 0.2) is 12.1 Å². The third kappa shape index (κ3) is 2.95. The molecule has 0 radical (unpaired) electrons. The second-order valence-electron chi connectivity index (χ2n) is 4.21. The monoisotopic (exact) mass is 238 g/mol. The lowest BCUT2D eigenvalue weighted by Crippen LogP contribution is -2.22. The van der Waals surface area contributed by atoms with Gasteiger partial charge in [-0.3, -0.25) is 4.79 Å². The van der Waals surface area contributed by atoms with Crippen LogP contribution in [0.3, 0.4) is 0 Å². The molecule has 0 saturated heterocycles. The highest BCUT2D eigenvalue weighted by Crippen LogP contribution is 2.22. The minimum absolute atomic E-state index is 0.364. The largest absolute Gasteiger partial charge is 0.367 e. The molecule has 1 fully saturated rings. The Morgan fingerprint density at radius 2 is 2.06 bits per heavy atom. The number of aldehydes is 1. The van der Waals surface area contributed by atoms with Gasteiger partial charge < -0.3 is 5.32 Å². The van der Waals surface area contributed by atoms with Gasteiger partial charge >= 0.3 is 0 Å². The molecule has 1 heterocycles. The zero-order valence-electron chi connectivity index (χ0n) is 9.08. The Labute approximate surface area is 100 Å². The molecule has 2 rings (SSSR count). The number of hydrogen-bond donors (Lipinski definition) is 1. The van der Waals surface area contributed by atoms with Crippen LogP contribution in [0.4, 0.5) is 5.82 Å². The van der Waals surface area contributed by atoms with E-state index < -0.39 is 0 Å². The minimum Gasteiger partial charge on any atom is -0.367 e. The third-order valence-electron chi connectivity index (χ3n) is 2.91. The number of nitrogens with zero attached hydrogens (tertiary/aromatic N) is 1. The molecule has 1 aliphatic rings. The summed E-state index contributed by atoms with van der Waals surface area (Å²) in [5, 5.41) is 3.71. The number of hydrogen-bond acceptors (Lipinski definition) is 3. The van der Waals surface area contributed by atoms with Crippen molar-refractivity contribution in [3.05, 3.63) is 22.8 Å². The first-order valence-corrected chi connectivity index (χ1v) is 6.05. The van der Waals surface area contributed by atoms with E-state index in [1.807, 2.05) is 0 Å². The zero-order chi connectivity index (χ0) is 11.4. The van der Waals surface area contributed by atoms with Crippen molar-refractivity contribution in [3.8, 4) is 0 Å². The molecule has 1 N–H and O–H groups in total. The van der Waals surface area contributed by atoms with E-state index in [1.54, 1.807) is 12.1 Å². The summed E-state index contributed by atoms with van der Waals surface area (Å²) >= 11 is 5.84. The molecule has 86 valence electrons. The number of pyridine rings is 1. The first-order valence-electron chi connectivity index (χ1n) is 5.67. The van der Waals surface area contributed by atoms with E-state index in [4.69, 9.17) is 11.6 Å². The van der Waals surface area contributed by atoms with Crippen molar-refractivity contribution in [3.63, 3.8) is 0 Å². The number of aromatic nitrogens is 1. The highest BCUT2D eigenvalue weighted by Gasteiger charge is 2.13. The molecule has 1 aromatic heterocycles. The van der Waals surface area contributed by atoms with Gasteiger partial charge in [0.1, 0.15) is 17.3 Å². The van der Waals surface area contributed by atoms with Gasteiger partial charge in [0, 0.05) is 11.6 Å². The third-order valence-corrected chi connectivity index (χ3v) is 3.10. The van der Waals surface area contributed by atoms with E-state index >= 15 is 0 Å². The molecular formula is C12H15ClN2O. The smallest absolute Gasteiger partial charge is 0.150 e. The summed E-state index contributed by atoms with van der Waals surface area (Å²) in [6, 6.07) is 3.79. The average molecular weight is 239 g/mol. The number of carbonyl (C=O) groups excluding carboxylic acids is 1. The van der Waals surface area contributed by atoms with Gasteiger partial charge in [-0.05, 0) is 25.0 Å². The van der Waals surface area contributed by atoms with Gasteiger partial charge in [0.25, 0.3) is 0 Å². The van der Waals surface area contributed by atoms with Gasteiger partial charge in [-0.1, -0.05) is 30.9 Å². The highest BCUT2D eigenvalue weighted by atomic mass is 35.5. The van der Waals surface area contributed by atoms with Crippen LogP contribution in [0.25, 0.3) is 0 Å². The van der Waals surface area contributed by atoms with Crippen molar-refractivity contribution >= 4 is 23.7 Å². The molecule has 1 aromatic rings. The fourth-order valence-corrected chi connectivity index (χ4v) is 2.33. The van der Waals surface area contributed by atoms with Gasteiger partial charge in [0.05, 0.1) is 0 Å². The molecule has 16 heavy (non-hydrogen) atoms. The maximum Gasteiger partial charge on any atom is 0.150 e. The van der Waals surface area contributed by atoms with Crippen molar-refractivity contribution in [1.82, 2.24) is 4.98 Å². The van der Waals surface area contributed by atoms with E-state index in [0.717, 1.165) is 6.29 Å². The number of carbonyl (C=O) groups is 1. The molecular weight excluding hydrogens is 224 g/mol. The van der Waals surface area contributed by atoms with Crippen LogP contribution in [0, 0.1) is 0 Å². The predicted molar refractivity (Wildman–Crippen MR) is 65.1 cm³/mol. The predicted octanol–water partition coefficient (Wildman–Crippen LogP) is 3.29. The zero-order valence-corrected chi connectivity index (χ0v) is 9.83. The molecule has 1 saturated carbocycles. The molecule has 1 aliphatic carbocycles. The van der Waals surface area contributed by atoms with E-state index in [2.05, 4.69) is 10.3 Å². The molecule has 4 heteroatoms. The maximum absolute atomic E-state index is 10.7. The lowest BCUT2D eigenvalue weighted by Gasteiger charge is -2.23. The number of nitrogens with one attached hydrogen (secondary N) is 1. The average Bonchev–Trinajstić information content (AvgIpc) is 2.29. The van der Waals surface area contributed by atoms with Crippen LogP contribution < -0.4 is 5.32 Å². The number of rotatable bonds is 3. The van der Waals surface area contributed by atoms with E-state index in [1.165, 1.54) is 32.1 Å². The summed E-state index contributed by atoms with van der Waals surface area (Å²) in [5.74, 6) is 0.710. The van der Waals surface area contributed by atoms with Crippen LogP contribution in [-0.2, 0) is 0 Å². The molecule has 0 aromatic carbocycles. The lowest BCUT2D eigenvalue weighted by atomic mass is 9.95. The molecule has 0 atom stereocenters. The van der Waals surface area contributed by atoms with Crippen LogP contribution in [0.5, 0.6) is 0 Å². The Balaban J connectivity index is 2.07. The van der Waals surface area contributed by atoms with Gasteiger partial charge in [-0.15, -0.1) is 0 Å². The van der Waals surface area contributed by atoms with Crippen molar-refractivity contribution in [2.45, 2.75) is 38.1 Å². The molecule has 0 bridgehead atoms. The molecule has 0 aliphatic heterocycles. The topological polar surface area (TPSA) is 42.0 Å². The first-order chi connectivity index (χ1) is 7.78. The van der Waals surface area contributed by atoms with Crippen LogP contribution >= 0.6 is 11.6 Å². The van der Waals surface area contributed by atoms with Gasteiger partial charge in [0.2, 0.25) is 0 Å². The van der Waals surface area contributed by atoms with Crippen molar-refractivity contribution < 1.29 is 4.79 Å². The Morgan fingerprint density at radius 3 is 2.75 bits per heavy atom. The second-order valence-corrected chi connectivity index (χ2v) is 4.59. The molecule has 0 unspecified atom stereocenters. The second kappa shape index (κ2) is 5.30. The normalized spacial score (nSPS) is 17.1. The Kier molecular flexibility index (Phi) is 3.78. The fraction of sp³-hybridized carbons (Fsp3) is 0.500. The Bertz CT molecular complexity index is 375. The summed E-state index contributed by atoms with van der Waals surface area (Å²) in [7, 11) is 0. The fourth-order valence-electron chi connectivity index (χ4n) is 2.11. The number of halogens is 1. The summed E-state index contributed by atoms with van der Waals surface area (Å²) < 4.78 is 0. The minimum atomic E-state index is 0.364. The molecule has 3 nitrogen and oxygen atoms in total. The quantitative estimate of drug-likeness (QED) is 0.649.